The summed E-state index contributed by atoms with van der Waals surface area (Å²) in [5, 5.41) is 2.58. The van der Waals surface area contributed by atoms with Crippen LogP contribution in [0.15, 0.2) is 0 Å². The van der Waals surface area contributed by atoms with Crippen LogP contribution in [0.25, 0.3) is 0 Å². The van der Waals surface area contributed by atoms with Crippen LogP contribution in [-0.4, -0.2) is 18.5 Å². The second-order valence-electron chi connectivity index (χ2n) is 2.94. The largest absolute Gasteiger partial charge is 0.358 e. The molecule has 66 valence electrons. The van der Waals surface area contributed by atoms with E-state index >= 15 is 0 Å². The van der Waals surface area contributed by atoms with Gasteiger partial charge in [-0.25, -0.2) is 0 Å². The van der Waals surface area contributed by atoms with Crippen molar-refractivity contribution in [2.75, 3.05) is 7.05 Å². The van der Waals surface area contributed by atoms with Gasteiger partial charge in [-0.3, -0.25) is 4.79 Å². The fraction of sp³-hybridized carbons (Fsp3) is 0.857. The first kappa shape index (κ1) is 10.7. The summed E-state index contributed by atoms with van der Waals surface area (Å²) in [6.45, 7) is 0. The Kier molecular flexibility index (Phi) is 3.83. The van der Waals surface area contributed by atoms with Crippen LogP contribution < -0.4 is 11.1 Å². The molecular weight excluding hydrogens is 164 g/mol. The zero-order valence-corrected chi connectivity index (χ0v) is 7.54. The normalized spacial score (nSPS) is 20.5. The molecule has 3 N–H and O–H groups in total. The van der Waals surface area contributed by atoms with Gasteiger partial charge in [0, 0.05) is 7.05 Å². The molecule has 4 heteroatoms. The molecule has 0 aromatic carbocycles. The second-order valence-corrected chi connectivity index (χ2v) is 2.94. The third-order valence-electron chi connectivity index (χ3n) is 2.18. The van der Waals surface area contributed by atoms with E-state index in [0.29, 0.717) is 0 Å². The molecule has 0 saturated heterocycles. The van der Waals surface area contributed by atoms with E-state index in [-0.39, 0.29) is 18.3 Å². The first-order chi connectivity index (χ1) is 4.69. The number of carbonyl (C=O) groups is 1. The average Bonchev–Trinajstić information content (AvgIpc) is 2.36. The number of hydrogen-bond acceptors (Lipinski definition) is 2. The summed E-state index contributed by atoms with van der Waals surface area (Å²) in [7, 11) is 1.63. The van der Waals surface area contributed by atoms with Gasteiger partial charge in [-0.05, 0) is 12.8 Å². The molecule has 0 atom stereocenters. The summed E-state index contributed by atoms with van der Waals surface area (Å²) < 4.78 is 0. The van der Waals surface area contributed by atoms with Gasteiger partial charge in [0.2, 0.25) is 5.91 Å². The molecule has 1 aliphatic rings. The van der Waals surface area contributed by atoms with Gasteiger partial charge in [-0.1, -0.05) is 12.8 Å². The smallest absolute Gasteiger partial charge is 0.239 e. The molecule has 1 rings (SSSR count). The molecule has 11 heavy (non-hydrogen) atoms. The molecule has 0 heterocycles. The van der Waals surface area contributed by atoms with Gasteiger partial charge >= 0.3 is 0 Å². The summed E-state index contributed by atoms with van der Waals surface area (Å²) >= 11 is 0. The van der Waals surface area contributed by atoms with E-state index in [2.05, 4.69) is 5.32 Å². The SMILES string of the molecule is CNC(=O)C1(N)CCCC1.Cl. The first-order valence-corrected chi connectivity index (χ1v) is 3.70. The fourth-order valence-corrected chi connectivity index (χ4v) is 1.48. The lowest BCUT2D eigenvalue weighted by Crippen LogP contribution is -2.50. The maximum Gasteiger partial charge on any atom is 0.239 e. The average molecular weight is 179 g/mol. The van der Waals surface area contributed by atoms with Crippen LogP contribution in [0.1, 0.15) is 25.7 Å². The molecule has 1 aliphatic carbocycles. The van der Waals surface area contributed by atoms with Gasteiger partial charge in [-0.15, -0.1) is 12.4 Å². The topological polar surface area (TPSA) is 55.1 Å². The van der Waals surface area contributed by atoms with Crippen LogP contribution >= 0.6 is 12.4 Å². The quantitative estimate of drug-likeness (QED) is 0.612. The lowest BCUT2D eigenvalue weighted by Gasteiger charge is -2.20. The van der Waals surface area contributed by atoms with E-state index < -0.39 is 5.54 Å². The van der Waals surface area contributed by atoms with E-state index in [4.69, 9.17) is 5.73 Å². The number of likely N-dealkylation sites (N-methyl/N-ethyl adjacent to an activating group) is 1. The molecule has 0 radical (unpaired) electrons. The van der Waals surface area contributed by atoms with Gasteiger partial charge < -0.3 is 11.1 Å². The Bertz CT molecular complexity index is 143. The molecule has 0 bridgehead atoms. The predicted octanol–water partition coefficient (Wildman–Crippen LogP) is 0.426. The molecule has 0 aromatic heterocycles. The van der Waals surface area contributed by atoms with Crippen LogP contribution in [0.5, 0.6) is 0 Å². The van der Waals surface area contributed by atoms with Crippen LogP contribution in [0.4, 0.5) is 0 Å². The van der Waals surface area contributed by atoms with Crippen molar-refractivity contribution in [3.63, 3.8) is 0 Å². The highest BCUT2D eigenvalue weighted by Crippen LogP contribution is 2.26. The third kappa shape index (κ3) is 2.07. The van der Waals surface area contributed by atoms with Crippen LogP contribution in [0.3, 0.4) is 0 Å². The summed E-state index contributed by atoms with van der Waals surface area (Å²) in [6.07, 6.45) is 3.85. The Morgan fingerprint density at radius 1 is 1.45 bits per heavy atom. The second kappa shape index (κ2) is 3.93. The number of nitrogens with one attached hydrogen (secondary N) is 1. The number of hydrogen-bond donors (Lipinski definition) is 2. The van der Waals surface area contributed by atoms with Crippen molar-refractivity contribution in [2.24, 2.45) is 5.73 Å². The fourth-order valence-electron chi connectivity index (χ4n) is 1.48. The zero-order valence-electron chi connectivity index (χ0n) is 6.72. The molecule has 1 amide bonds. The number of nitrogens with two attached hydrogens (primary N) is 1. The van der Waals surface area contributed by atoms with Crippen molar-refractivity contribution in [1.29, 1.82) is 0 Å². The van der Waals surface area contributed by atoms with Crippen LogP contribution in [0.2, 0.25) is 0 Å². The van der Waals surface area contributed by atoms with Crippen molar-refractivity contribution in [1.82, 2.24) is 5.32 Å². The van der Waals surface area contributed by atoms with Gasteiger partial charge in [-0.2, -0.15) is 0 Å². The molecular formula is C7H15ClN2O. The standard InChI is InChI=1S/C7H14N2O.ClH/c1-9-6(10)7(8)4-2-3-5-7;/h2-5,8H2,1H3,(H,9,10);1H. The molecule has 1 fully saturated rings. The summed E-state index contributed by atoms with van der Waals surface area (Å²) in [6, 6.07) is 0. The van der Waals surface area contributed by atoms with Gasteiger partial charge in [0.15, 0.2) is 0 Å². The number of halogens is 1. The number of carbonyl (C=O) groups excluding carboxylic acids is 1. The number of amides is 1. The Labute approximate surface area is 73.1 Å². The van der Waals surface area contributed by atoms with Crippen molar-refractivity contribution in [2.45, 2.75) is 31.2 Å². The van der Waals surface area contributed by atoms with E-state index in [1.807, 2.05) is 0 Å². The molecule has 3 nitrogen and oxygen atoms in total. The van der Waals surface area contributed by atoms with Crippen LogP contribution in [0, 0.1) is 0 Å². The first-order valence-electron chi connectivity index (χ1n) is 3.70. The monoisotopic (exact) mass is 178 g/mol. The Hall–Kier alpha value is -0.280. The minimum atomic E-state index is -0.547. The van der Waals surface area contributed by atoms with Crippen molar-refractivity contribution >= 4 is 18.3 Å². The minimum absolute atomic E-state index is 0. The van der Waals surface area contributed by atoms with E-state index in [0.717, 1.165) is 25.7 Å². The Morgan fingerprint density at radius 2 is 1.91 bits per heavy atom. The highest BCUT2D eigenvalue weighted by Gasteiger charge is 2.35. The maximum atomic E-state index is 11.1. The van der Waals surface area contributed by atoms with Crippen molar-refractivity contribution < 1.29 is 4.79 Å². The summed E-state index contributed by atoms with van der Waals surface area (Å²) in [5.74, 6) is -0.00926. The zero-order chi connectivity index (χ0) is 7.61. The lowest BCUT2D eigenvalue weighted by molar-refractivity contribution is -0.125. The highest BCUT2D eigenvalue weighted by molar-refractivity contribution is 5.86. The predicted molar refractivity (Wildman–Crippen MR) is 46.7 cm³/mol. The molecule has 1 saturated carbocycles. The molecule has 0 aliphatic heterocycles. The molecule has 0 spiro atoms. The maximum absolute atomic E-state index is 11.1. The molecule has 0 aromatic rings. The highest BCUT2D eigenvalue weighted by atomic mass is 35.5. The van der Waals surface area contributed by atoms with Gasteiger partial charge in [0.1, 0.15) is 0 Å². The van der Waals surface area contributed by atoms with Gasteiger partial charge in [0.25, 0.3) is 0 Å². The number of rotatable bonds is 1. The third-order valence-corrected chi connectivity index (χ3v) is 2.18. The van der Waals surface area contributed by atoms with Crippen LogP contribution in [-0.2, 0) is 4.79 Å². The van der Waals surface area contributed by atoms with E-state index in [9.17, 15) is 4.79 Å². The minimum Gasteiger partial charge on any atom is -0.358 e. The Balaban J connectivity index is 0.000001000. The van der Waals surface area contributed by atoms with E-state index in [1.165, 1.54) is 0 Å². The lowest BCUT2D eigenvalue weighted by atomic mass is 9.98. The summed E-state index contributed by atoms with van der Waals surface area (Å²) in [5.41, 5.74) is 5.25. The van der Waals surface area contributed by atoms with Crippen molar-refractivity contribution in [3.05, 3.63) is 0 Å². The van der Waals surface area contributed by atoms with Gasteiger partial charge in [0.05, 0.1) is 5.54 Å². The van der Waals surface area contributed by atoms with E-state index in [1.54, 1.807) is 7.05 Å². The summed E-state index contributed by atoms with van der Waals surface area (Å²) in [4.78, 5) is 11.1. The Morgan fingerprint density at radius 3 is 2.27 bits per heavy atom. The molecule has 0 unspecified atom stereocenters. The van der Waals surface area contributed by atoms with Crippen molar-refractivity contribution in [3.8, 4) is 0 Å².